The summed E-state index contributed by atoms with van der Waals surface area (Å²) in [5, 5.41) is 0. The quantitative estimate of drug-likeness (QED) is 0.776. The SMILES string of the molecule is CC(C)(C)C(=O)C(=O)Cc1ccc(C(C)(C)C)cc1. The summed E-state index contributed by atoms with van der Waals surface area (Å²) in [7, 11) is 0. The van der Waals surface area contributed by atoms with E-state index >= 15 is 0 Å². The molecule has 0 aliphatic heterocycles. The van der Waals surface area contributed by atoms with Crippen LogP contribution in [-0.2, 0) is 21.4 Å². The minimum atomic E-state index is -0.595. The Labute approximate surface area is 116 Å². The Hall–Kier alpha value is -1.44. The van der Waals surface area contributed by atoms with E-state index in [-0.39, 0.29) is 23.4 Å². The minimum Gasteiger partial charge on any atom is -0.290 e. The highest BCUT2D eigenvalue weighted by Crippen LogP contribution is 2.23. The molecule has 0 amide bonds. The maximum atomic E-state index is 11.9. The van der Waals surface area contributed by atoms with Gasteiger partial charge >= 0.3 is 0 Å². The molecule has 0 unspecified atom stereocenters. The van der Waals surface area contributed by atoms with E-state index in [9.17, 15) is 9.59 Å². The number of rotatable bonds is 3. The highest BCUT2D eigenvalue weighted by Gasteiger charge is 2.27. The molecule has 0 radical (unpaired) electrons. The Morgan fingerprint density at radius 1 is 0.895 bits per heavy atom. The van der Waals surface area contributed by atoms with Crippen molar-refractivity contribution in [1.29, 1.82) is 0 Å². The fourth-order valence-electron chi connectivity index (χ4n) is 1.81. The van der Waals surface area contributed by atoms with Crippen LogP contribution in [0.1, 0.15) is 52.7 Å². The molecule has 1 aromatic rings. The summed E-state index contributed by atoms with van der Waals surface area (Å²) < 4.78 is 0. The molecule has 0 aliphatic rings. The van der Waals surface area contributed by atoms with Gasteiger partial charge < -0.3 is 0 Å². The Balaban J connectivity index is 2.80. The third kappa shape index (κ3) is 4.30. The van der Waals surface area contributed by atoms with E-state index in [0.29, 0.717) is 0 Å². The molecule has 2 heteroatoms. The van der Waals surface area contributed by atoms with Gasteiger partial charge in [0.2, 0.25) is 11.6 Å². The third-order valence-electron chi connectivity index (χ3n) is 3.12. The zero-order valence-electron chi connectivity index (χ0n) is 12.8. The molecule has 0 saturated heterocycles. The number of carbonyl (C=O) groups excluding carboxylic acids is 2. The zero-order chi connectivity index (χ0) is 14.8. The van der Waals surface area contributed by atoms with Gasteiger partial charge in [0.05, 0.1) is 0 Å². The van der Waals surface area contributed by atoms with Gasteiger partial charge in [-0.25, -0.2) is 0 Å². The van der Waals surface area contributed by atoms with Crippen molar-refractivity contribution in [2.75, 3.05) is 0 Å². The van der Waals surface area contributed by atoms with Gasteiger partial charge in [-0.3, -0.25) is 9.59 Å². The number of hydrogen-bond acceptors (Lipinski definition) is 2. The van der Waals surface area contributed by atoms with Crippen molar-refractivity contribution in [3.63, 3.8) is 0 Å². The summed E-state index contributed by atoms with van der Waals surface area (Å²) >= 11 is 0. The fourth-order valence-corrected chi connectivity index (χ4v) is 1.81. The van der Waals surface area contributed by atoms with Gasteiger partial charge in [0, 0.05) is 11.8 Å². The average Bonchev–Trinajstić information content (AvgIpc) is 2.26. The maximum absolute atomic E-state index is 11.9. The Morgan fingerprint density at radius 3 is 1.74 bits per heavy atom. The van der Waals surface area contributed by atoms with Crippen LogP contribution in [0.5, 0.6) is 0 Å². The van der Waals surface area contributed by atoms with Crippen LogP contribution in [0.3, 0.4) is 0 Å². The first-order valence-corrected chi connectivity index (χ1v) is 6.69. The molecule has 0 aromatic heterocycles. The van der Waals surface area contributed by atoms with Crippen molar-refractivity contribution in [3.8, 4) is 0 Å². The first-order valence-electron chi connectivity index (χ1n) is 6.69. The van der Waals surface area contributed by atoms with Crippen LogP contribution in [0, 0.1) is 5.41 Å². The van der Waals surface area contributed by atoms with Crippen molar-refractivity contribution < 1.29 is 9.59 Å². The molecule has 1 rings (SSSR count). The van der Waals surface area contributed by atoms with Crippen LogP contribution >= 0.6 is 0 Å². The lowest BCUT2D eigenvalue weighted by Gasteiger charge is -2.19. The van der Waals surface area contributed by atoms with Crippen LogP contribution in [0.25, 0.3) is 0 Å². The molecule has 104 valence electrons. The van der Waals surface area contributed by atoms with E-state index in [1.54, 1.807) is 20.8 Å². The molecular formula is C17H24O2. The molecule has 0 bridgehead atoms. The number of carbonyl (C=O) groups is 2. The number of hydrogen-bond donors (Lipinski definition) is 0. The molecule has 0 saturated carbocycles. The van der Waals surface area contributed by atoms with Crippen molar-refractivity contribution in [3.05, 3.63) is 35.4 Å². The highest BCUT2D eigenvalue weighted by molar-refractivity contribution is 6.39. The Morgan fingerprint density at radius 2 is 1.37 bits per heavy atom. The second-order valence-electron chi connectivity index (χ2n) is 7.13. The molecular weight excluding hydrogens is 236 g/mol. The maximum Gasteiger partial charge on any atom is 0.204 e. The van der Waals surface area contributed by atoms with E-state index in [1.807, 2.05) is 24.3 Å². The van der Waals surface area contributed by atoms with Crippen LogP contribution in [0.4, 0.5) is 0 Å². The molecule has 1 aromatic carbocycles. The summed E-state index contributed by atoms with van der Waals surface area (Å²) in [6.45, 7) is 11.8. The van der Waals surface area contributed by atoms with Gasteiger partial charge in [-0.05, 0) is 16.5 Å². The zero-order valence-corrected chi connectivity index (χ0v) is 12.8. The predicted octanol–water partition coefficient (Wildman–Crippen LogP) is 3.71. The Kier molecular flexibility index (Phi) is 4.34. The average molecular weight is 260 g/mol. The summed E-state index contributed by atoms with van der Waals surface area (Å²) in [4.78, 5) is 23.7. The summed E-state index contributed by atoms with van der Waals surface area (Å²) in [5.74, 6) is -0.608. The second kappa shape index (κ2) is 5.28. The van der Waals surface area contributed by atoms with Crippen LogP contribution in [0.2, 0.25) is 0 Å². The second-order valence-corrected chi connectivity index (χ2v) is 7.13. The van der Waals surface area contributed by atoms with Gasteiger partial charge in [-0.2, -0.15) is 0 Å². The van der Waals surface area contributed by atoms with Crippen molar-refractivity contribution >= 4 is 11.6 Å². The normalized spacial score (nSPS) is 12.3. The number of ketones is 2. The number of Topliss-reactive ketones (excluding diaryl/α,β-unsaturated/α-hetero) is 2. The van der Waals surface area contributed by atoms with Gasteiger partial charge in [-0.1, -0.05) is 65.8 Å². The fraction of sp³-hybridized carbons (Fsp3) is 0.529. The van der Waals surface area contributed by atoms with Gasteiger partial charge in [0.25, 0.3) is 0 Å². The highest BCUT2D eigenvalue weighted by atomic mass is 16.2. The first kappa shape index (κ1) is 15.6. The van der Waals surface area contributed by atoms with Crippen LogP contribution in [0.15, 0.2) is 24.3 Å². The molecule has 0 atom stereocenters. The lowest BCUT2D eigenvalue weighted by atomic mass is 9.85. The minimum absolute atomic E-state index is 0.101. The molecule has 19 heavy (non-hydrogen) atoms. The molecule has 0 aliphatic carbocycles. The predicted molar refractivity (Wildman–Crippen MR) is 78.3 cm³/mol. The van der Waals surface area contributed by atoms with Gasteiger partial charge in [-0.15, -0.1) is 0 Å². The van der Waals surface area contributed by atoms with Gasteiger partial charge in [0.1, 0.15) is 0 Å². The lowest BCUT2D eigenvalue weighted by Crippen LogP contribution is -2.29. The summed E-state index contributed by atoms with van der Waals surface area (Å²) in [5.41, 5.74) is 1.63. The Bertz CT molecular complexity index is 467. The largest absolute Gasteiger partial charge is 0.290 e. The van der Waals surface area contributed by atoms with E-state index < -0.39 is 5.41 Å². The van der Waals surface area contributed by atoms with Crippen molar-refractivity contribution in [2.24, 2.45) is 5.41 Å². The smallest absolute Gasteiger partial charge is 0.204 e. The summed E-state index contributed by atoms with van der Waals surface area (Å²) in [6.07, 6.45) is 0.195. The topological polar surface area (TPSA) is 34.1 Å². The van der Waals surface area contributed by atoms with Crippen LogP contribution in [-0.4, -0.2) is 11.6 Å². The molecule has 0 N–H and O–H groups in total. The lowest BCUT2D eigenvalue weighted by molar-refractivity contribution is -0.140. The van der Waals surface area contributed by atoms with E-state index in [2.05, 4.69) is 20.8 Å². The third-order valence-corrected chi connectivity index (χ3v) is 3.12. The van der Waals surface area contributed by atoms with Crippen molar-refractivity contribution in [1.82, 2.24) is 0 Å². The first-order chi connectivity index (χ1) is 8.51. The summed E-state index contributed by atoms with van der Waals surface area (Å²) in [6, 6.07) is 7.94. The molecule has 0 spiro atoms. The van der Waals surface area contributed by atoms with Crippen molar-refractivity contribution in [2.45, 2.75) is 53.4 Å². The van der Waals surface area contributed by atoms with E-state index in [1.165, 1.54) is 5.56 Å². The molecule has 2 nitrogen and oxygen atoms in total. The molecule has 0 fully saturated rings. The number of benzene rings is 1. The van der Waals surface area contributed by atoms with Crippen LogP contribution < -0.4 is 0 Å². The van der Waals surface area contributed by atoms with E-state index in [4.69, 9.17) is 0 Å². The standard InChI is InChI=1S/C17H24O2/c1-16(2,3)13-9-7-12(8-10-13)11-14(18)15(19)17(4,5)6/h7-10H,11H2,1-6H3. The van der Waals surface area contributed by atoms with E-state index in [0.717, 1.165) is 5.56 Å². The molecule has 0 heterocycles. The van der Waals surface area contributed by atoms with Gasteiger partial charge in [0.15, 0.2) is 0 Å². The monoisotopic (exact) mass is 260 g/mol.